The number of hydrogen-bond donors (Lipinski definition) is 1. The Morgan fingerprint density at radius 2 is 1.46 bits per heavy atom. The molecule has 4 rings (SSSR count). The SMILES string of the molecule is CC(C)(C)[Si](OC[C@@H](N)CCN1CC(Oc2ccc(Cl)cc2)C1)(c1ccccc1)c1ccccc1. The molecule has 0 saturated carbocycles. The Hall–Kier alpha value is -2.15. The molecule has 186 valence electrons. The maximum atomic E-state index is 6.98. The fourth-order valence-corrected chi connectivity index (χ4v) is 9.66. The summed E-state index contributed by atoms with van der Waals surface area (Å²) in [5.41, 5.74) is 6.61. The summed E-state index contributed by atoms with van der Waals surface area (Å²) in [5.74, 6) is 0.870. The number of rotatable bonds is 10. The zero-order valence-corrected chi connectivity index (χ0v) is 22.7. The van der Waals surface area contributed by atoms with Gasteiger partial charge in [0.25, 0.3) is 8.32 Å². The molecule has 0 aliphatic carbocycles. The van der Waals surface area contributed by atoms with Crippen LogP contribution in [0.1, 0.15) is 27.2 Å². The molecule has 1 aliphatic heterocycles. The Morgan fingerprint density at radius 1 is 0.914 bits per heavy atom. The van der Waals surface area contributed by atoms with Crippen LogP contribution in [0.2, 0.25) is 10.1 Å². The normalized spacial score (nSPS) is 16.0. The average molecular weight is 509 g/mol. The summed E-state index contributed by atoms with van der Waals surface area (Å²) in [7, 11) is -2.54. The third kappa shape index (κ3) is 6.16. The minimum atomic E-state index is -2.54. The van der Waals surface area contributed by atoms with Crippen molar-refractivity contribution in [3.05, 3.63) is 90.0 Å². The Bertz CT molecular complexity index is 1010. The van der Waals surface area contributed by atoms with E-state index in [0.29, 0.717) is 6.61 Å². The molecule has 1 saturated heterocycles. The molecule has 0 unspecified atom stereocenters. The highest BCUT2D eigenvalue weighted by Gasteiger charge is 2.50. The highest BCUT2D eigenvalue weighted by molar-refractivity contribution is 6.99. The van der Waals surface area contributed by atoms with Crippen molar-refractivity contribution in [1.82, 2.24) is 4.90 Å². The lowest BCUT2D eigenvalue weighted by molar-refractivity contribution is 0.0176. The van der Waals surface area contributed by atoms with Crippen LogP contribution in [-0.4, -0.2) is 51.6 Å². The number of likely N-dealkylation sites (tertiary alicyclic amines) is 1. The summed E-state index contributed by atoms with van der Waals surface area (Å²) in [6.07, 6.45) is 1.12. The molecule has 4 nitrogen and oxygen atoms in total. The highest BCUT2D eigenvalue weighted by Crippen LogP contribution is 2.36. The molecule has 6 heteroatoms. The van der Waals surface area contributed by atoms with Gasteiger partial charge in [0.15, 0.2) is 0 Å². The average Bonchev–Trinajstić information content (AvgIpc) is 2.82. The Kier molecular flexibility index (Phi) is 8.35. The second kappa shape index (κ2) is 11.3. The van der Waals surface area contributed by atoms with Gasteiger partial charge in [0.1, 0.15) is 11.9 Å². The van der Waals surface area contributed by atoms with Crippen molar-refractivity contribution in [3.63, 3.8) is 0 Å². The zero-order chi connectivity index (χ0) is 24.9. The van der Waals surface area contributed by atoms with Crippen molar-refractivity contribution in [3.8, 4) is 5.75 Å². The summed E-state index contributed by atoms with van der Waals surface area (Å²) in [6.45, 7) is 10.2. The van der Waals surface area contributed by atoms with Crippen LogP contribution in [0, 0.1) is 0 Å². The Morgan fingerprint density at radius 3 is 1.97 bits per heavy atom. The summed E-state index contributed by atoms with van der Waals surface area (Å²) in [4.78, 5) is 2.39. The van der Waals surface area contributed by atoms with Crippen molar-refractivity contribution in [2.45, 2.75) is 44.4 Å². The van der Waals surface area contributed by atoms with Crippen LogP contribution in [0.25, 0.3) is 0 Å². The first-order chi connectivity index (χ1) is 16.8. The first-order valence-corrected chi connectivity index (χ1v) is 14.7. The number of nitrogens with two attached hydrogens (primary N) is 1. The van der Waals surface area contributed by atoms with Crippen LogP contribution in [0.15, 0.2) is 84.9 Å². The van der Waals surface area contributed by atoms with E-state index in [0.717, 1.165) is 36.8 Å². The Balaban J connectivity index is 1.35. The van der Waals surface area contributed by atoms with Gasteiger partial charge in [0.05, 0.1) is 0 Å². The van der Waals surface area contributed by atoms with Gasteiger partial charge in [-0.25, -0.2) is 0 Å². The quantitative estimate of drug-likeness (QED) is 0.403. The van der Waals surface area contributed by atoms with E-state index in [1.165, 1.54) is 10.4 Å². The molecule has 0 bridgehead atoms. The van der Waals surface area contributed by atoms with Crippen molar-refractivity contribution < 1.29 is 9.16 Å². The molecule has 1 aliphatic rings. The van der Waals surface area contributed by atoms with Crippen LogP contribution in [-0.2, 0) is 4.43 Å². The zero-order valence-electron chi connectivity index (χ0n) is 21.0. The molecule has 2 N–H and O–H groups in total. The summed E-state index contributed by atoms with van der Waals surface area (Å²) < 4.78 is 13.0. The van der Waals surface area contributed by atoms with Gasteiger partial charge in [-0.2, -0.15) is 0 Å². The van der Waals surface area contributed by atoms with Crippen molar-refractivity contribution >= 4 is 30.3 Å². The predicted octanol–water partition coefficient (Wildman–Crippen LogP) is 4.70. The lowest BCUT2D eigenvalue weighted by Gasteiger charge is -2.43. The third-order valence-electron chi connectivity index (χ3n) is 6.79. The molecular formula is C29H37ClN2O2Si. The van der Waals surface area contributed by atoms with Crippen LogP contribution >= 0.6 is 11.6 Å². The molecule has 0 aromatic heterocycles. The van der Waals surface area contributed by atoms with Crippen LogP contribution < -0.4 is 20.8 Å². The molecule has 35 heavy (non-hydrogen) atoms. The van der Waals surface area contributed by atoms with Gasteiger partial charge in [-0.3, -0.25) is 4.90 Å². The van der Waals surface area contributed by atoms with Gasteiger partial charge >= 0.3 is 0 Å². The van der Waals surface area contributed by atoms with Crippen LogP contribution in [0.5, 0.6) is 5.75 Å². The molecule has 0 amide bonds. The first-order valence-electron chi connectivity index (χ1n) is 12.4. The first kappa shape index (κ1) is 25.9. The second-order valence-electron chi connectivity index (χ2n) is 10.5. The van der Waals surface area contributed by atoms with E-state index in [4.69, 9.17) is 26.5 Å². The van der Waals surface area contributed by atoms with E-state index in [1.807, 2.05) is 24.3 Å². The summed E-state index contributed by atoms with van der Waals surface area (Å²) >= 11 is 5.95. The highest BCUT2D eigenvalue weighted by atomic mass is 35.5. The van der Waals surface area contributed by atoms with Crippen molar-refractivity contribution in [1.29, 1.82) is 0 Å². The fraction of sp³-hybridized carbons (Fsp3) is 0.379. The van der Waals surface area contributed by atoms with Gasteiger partial charge in [0.2, 0.25) is 0 Å². The minimum Gasteiger partial charge on any atom is -0.488 e. The molecule has 3 aromatic carbocycles. The molecule has 1 heterocycles. The standard InChI is InChI=1S/C29H37ClN2O2Si/c1-29(2,3)35(27-10-6-4-7-11-27,28-12-8-5-9-13-28)33-22-24(31)18-19-32-20-26(21-32)34-25-16-14-23(30)15-17-25/h4-17,24,26H,18-22,31H2,1-3H3/t24-/m0/s1. The van der Waals surface area contributed by atoms with E-state index in [9.17, 15) is 0 Å². The van der Waals surface area contributed by atoms with Gasteiger partial charge in [-0.15, -0.1) is 0 Å². The van der Waals surface area contributed by atoms with Gasteiger partial charge < -0.3 is 14.9 Å². The predicted molar refractivity (Wildman–Crippen MR) is 148 cm³/mol. The summed E-state index contributed by atoms with van der Waals surface area (Å²) in [5, 5.41) is 3.26. The topological polar surface area (TPSA) is 47.7 Å². The monoisotopic (exact) mass is 508 g/mol. The maximum Gasteiger partial charge on any atom is 0.261 e. The molecule has 1 fully saturated rings. The third-order valence-corrected chi connectivity index (χ3v) is 12.0. The van der Waals surface area contributed by atoms with Crippen LogP contribution in [0.3, 0.4) is 0 Å². The van der Waals surface area contributed by atoms with E-state index in [2.05, 4.69) is 86.3 Å². The van der Waals surface area contributed by atoms with E-state index in [-0.39, 0.29) is 17.2 Å². The molecular weight excluding hydrogens is 472 g/mol. The van der Waals surface area contributed by atoms with Gasteiger partial charge in [-0.05, 0) is 46.1 Å². The van der Waals surface area contributed by atoms with E-state index in [1.54, 1.807) is 0 Å². The largest absolute Gasteiger partial charge is 0.488 e. The van der Waals surface area contributed by atoms with Crippen LogP contribution in [0.4, 0.5) is 0 Å². The summed E-state index contributed by atoms with van der Waals surface area (Å²) in [6, 6.07) is 29.0. The molecule has 3 aromatic rings. The number of nitrogens with zero attached hydrogens (tertiary/aromatic N) is 1. The number of halogens is 1. The molecule has 1 atom stereocenters. The van der Waals surface area contributed by atoms with Crippen molar-refractivity contribution in [2.24, 2.45) is 5.73 Å². The lowest BCUT2D eigenvalue weighted by atomic mass is 10.1. The lowest BCUT2D eigenvalue weighted by Crippen LogP contribution is -2.67. The second-order valence-corrected chi connectivity index (χ2v) is 15.2. The smallest absolute Gasteiger partial charge is 0.261 e. The van der Waals surface area contributed by atoms with E-state index >= 15 is 0 Å². The molecule has 0 radical (unpaired) electrons. The van der Waals surface area contributed by atoms with Gasteiger partial charge in [0, 0.05) is 37.3 Å². The van der Waals surface area contributed by atoms with Gasteiger partial charge in [-0.1, -0.05) is 93.0 Å². The molecule has 0 spiro atoms. The number of ether oxygens (including phenoxy) is 1. The maximum absolute atomic E-state index is 6.98. The minimum absolute atomic E-state index is 0.0205. The van der Waals surface area contributed by atoms with E-state index < -0.39 is 8.32 Å². The Labute approximate surface area is 216 Å². The fourth-order valence-electron chi connectivity index (χ4n) is 4.91. The van der Waals surface area contributed by atoms with Crippen molar-refractivity contribution in [2.75, 3.05) is 26.2 Å². The number of benzene rings is 3. The number of hydrogen-bond acceptors (Lipinski definition) is 4.